The number of hydrogen-bond donors (Lipinski definition) is 0. The van der Waals surface area contributed by atoms with E-state index >= 15 is 0 Å². The van der Waals surface area contributed by atoms with Gasteiger partial charge >= 0.3 is 0 Å². The first-order valence-electron chi connectivity index (χ1n) is 6.64. The average molecular weight is 298 g/mol. The fraction of sp³-hybridized carbons (Fsp3) is 0.118. The molecule has 5 heteroatoms. The van der Waals surface area contributed by atoms with Crippen LogP contribution in [-0.2, 0) is 0 Å². The summed E-state index contributed by atoms with van der Waals surface area (Å²) in [6.07, 6.45) is 0. The van der Waals surface area contributed by atoms with E-state index in [1.807, 2.05) is 6.07 Å². The van der Waals surface area contributed by atoms with Gasteiger partial charge in [-0.05, 0) is 24.3 Å². The highest BCUT2D eigenvalue weighted by molar-refractivity contribution is 5.78. The largest absolute Gasteiger partial charge is 0.497 e. The molecule has 3 aromatic rings. The summed E-state index contributed by atoms with van der Waals surface area (Å²) in [7, 11) is 3.10. The summed E-state index contributed by atoms with van der Waals surface area (Å²) in [6.45, 7) is 0. The molecule has 0 N–H and O–H groups in total. The van der Waals surface area contributed by atoms with E-state index in [1.165, 1.54) is 6.07 Å². The lowest BCUT2D eigenvalue weighted by atomic mass is 10.2. The summed E-state index contributed by atoms with van der Waals surface area (Å²) >= 11 is 0. The van der Waals surface area contributed by atoms with Gasteiger partial charge in [0.2, 0.25) is 0 Å². The third-order valence-electron chi connectivity index (χ3n) is 3.19. The zero-order valence-electron chi connectivity index (χ0n) is 12.2. The van der Waals surface area contributed by atoms with E-state index in [4.69, 9.17) is 18.6 Å². The Morgan fingerprint density at radius 2 is 1.68 bits per heavy atom. The van der Waals surface area contributed by atoms with Gasteiger partial charge in [0.15, 0.2) is 16.9 Å². The Bertz CT molecular complexity index is 866. The van der Waals surface area contributed by atoms with Gasteiger partial charge in [-0.2, -0.15) is 0 Å². The Labute approximate surface area is 126 Å². The summed E-state index contributed by atoms with van der Waals surface area (Å²) in [6, 6.07) is 13.4. The molecule has 1 aromatic heterocycles. The van der Waals surface area contributed by atoms with E-state index in [9.17, 15) is 4.79 Å². The summed E-state index contributed by atoms with van der Waals surface area (Å²) < 4.78 is 21.6. The molecular weight excluding hydrogens is 284 g/mol. The summed E-state index contributed by atoms with van der Waals surface area (Å²) in [5.74, 6) is 1.71. The fourth-order valence-electron chi connectivity index (χ4n) is 2.10. The van der Waals surface area contributed by atoms with Crippen LogP contribution in [0, 0.1) is 0 Å². The van der Waals surface area contributed by atoms with Crippen molar-refractivity contribution in [3.8, 4) is 23.2 Å². The topological polar surface area (TPSA) is 57.9 Å². The Hall–Kier alpha value is -2.95. The van der Waals surface area contributed by atoms with Crippen LogP contribution < -0.4 is 19.6 Å². The number of rotatable bonds is 4. The third kappa shape index (κ3) is 2.61. The molecule has 1 heterocycles. The molecule has 5 nitrogen and oxygen atoms in total. The first kappa shape index (κ1) is 14.0. The van der Waals surface area contributed by atoms with E-state index in [-0.39, 0.29) is 11.4 Å². The predicted octanol–water partition coefficient (Wildman–Crippen LogP) is 3.60. The maximum atomic E-state index is 12.1. The number of hydrogen-bond acceptors (Lipinski definition) is 5. The van der Waals surface area contributed by atoms with E-state index in [0.29, 0.717) is 28.2 Å². The second-order valence-electron chi connectivity index (χ2n) is 4.54. The summed E-state index contributed by atoms with van der Waals surface area (Å²) in [5.41, 5.74) is 0.213. The first-order chi connectivity index (χ1) is 10.7. The number of fused-ring (bicyclic) bond motifs is 1. The smallest absolute Gasteiger partial charge is 0.294 e. The second kappa shape index (κ2) is 5.81. The standard InChI is InChI=1S/C17H14O5/c1-19-11-7-8-12-13(18)10-17(22-16(12)9-11)21-15-6-4-3-5-14(15)20-2/h3-10H,1-2H3. The second-order valence-corrected chi connectivity index (χ2v) is 4.54. The number of ether oxygens (including phenoxy) is 3. The lowest BCUT2D eigenvalue weighted by Gasteiger charge is -2.09. The summed E-state index contributed by atoms with van der Waals surface area (Å²) in [4.78, 5) is 12.1. The van der Waals surface area contributed by atoms with Crippen molar-refractivity contribution in [2.24, 2.45) is 0 Å². The molecule has 22 heavy (non-hydrogen) atoms. The molecule has 112 valence electrons. The van der Waals surface area contributed by atoms with Gasteiger partial charge in [-0.25, -0.2) is 0 Å². The predicted molar refractivity (Wildman–Crippen MR) is 82.1 cm³/mol. The van der Waals surface area contributed by atoms with Crippen LogP contribution >= 0.6 is 0 Å². The van der Waals surface area contributed by atoms with Crippen molar-refractivity contribution >= 4 is 11.0 Å². The van der Waals surface area contributed by atoms with Crippen LogP contribution in [-0.4, -0.2) is 14.2 Å². The quantitative estimate of drug-likeness (QED) is 0.736. The minimum atomic E-state index is -0.186. The maximum absolute atomic E-state index is 12.1. The van der Waals surface area contributed by atoms with Gasteiger partial charge in [-0.1, -0.05) is 12.1 Å². The van der Waals surface area contributed by atoms with Crippen molar-refractivity contribution in [2.45, 2.75) is 0 Å². The number of para-hydroxylation sites is 2. The van der Waals surface area contributed by atoms with Crippen LogP contribution in [0.15, 0.2) is 57.7 Å². The van der Waals surface area contributed by atoms with E-state index in [1.54, 1.807) is 50.6 Å². The monoisotopic (exact) mass is 298 g/mol. The van der Waals surface area contributed by atoms with Crippen molar-refractivity contribution in [2.75, 3.05) is 14.2 Å². The van der Waals surface area contributed by atoms with Crippen LogP contribution in [0.4, 0.5) is 0 Å². The molecule has 0 saturated carbocycles. The minimum absolute atomic E-state index is 0.0928. The van der Waals surface area contributed by atoms with Gasteiger partial charge < -0.3 is 18.6 Å². The molecule has 0 aliphatic heterocycles. The van der Waals surface area contributed by atoms with Gasteiger partial charge in [0, 0.05) is 6.07 Å². The van der Waals surface area contributed by atoms with Crippen LogP contribution in [0.5, 0.6) is 23.2 Å². The normalized spacial score (nSPS) is 10.5. The molecule has 3 rings (SSSR count). The van der Waals surface area contributed by atoms with Gasteiger partial charge in [-0.15, -0.1) is 0 Å². The highest BCUT2D eigenvalue weighted by Gasteiger charge is 2.10. The van der Waals surface area contributed by atoms with Crippen molar-refractivity contribution < 1.29 is 18.6 Å². The van der Waals surface area contributed by atoms with Crippen LogP contribution in [0.2, 0.25) is 0 Å². The van der Waals surface area contributed by atoms with E-state index in [2.05, 4.69) is 0 Å². The lowest BCUT2D eigenvalue weighted by Crippen LogP contribution is -2.01. The highest BCUT2D eigenvalue weighted by atomic mass is 16.6. The minimum Gasteiger partial charge on any atom is -0.497 e. The van der Waals surface area contributed by atoms with Gasteiger partial charge in [-0.3, -0.25) is 4.79 Å². The molecule has 0 spiro atoms. The molecule has 0 bridgehead atoms. The molecule has 0 amide bonds. The van der Waals surface area contributed by atoms with Crippen LogP contribution in [0.3, 0.4) is 0 Å². The molecule has 0 radical (unpaired) electrons. The third-order valence-corrected chi connectivity index (χ3v) is 3.19. The van der Waals surface area contributed by atoms with Crippen LogP contribution in [0.25, 0.3) is 11.0 Å². The fourth-order valence-corrected chi connectivity index (χ4v) is 2.10. The molecule has 2 aromatic carbocycles. The SMILES string of the molecule is COc1ccc2c(=O)cc(Oc3ccccc3OC)oc2c1. The Kier molecular flexibility index (Phi) is 3.70. The highest BCUT2D eigenvalue weighted by Crippen LogP contribution is 2.31. The molecule has 0 aliphatic carbocycles. The van der Waals surface area contributed by atoms with Crippen molar-refractivity contribution in [1.29, 1.82) is 0 Å². The zero-order chi connectivity index (χ0) is 15.5. The average Bonchev–Trinajstić information content (AvgIpc) is 2.54. The number of methoxy groups -OCH3 is 2. The zero-order valence-corrected chi connectivity index (χ0v) is 12.2. The van der Waals surface area contributed by atoms with Crippen molar-refractivity contribution in [1.82, 2.24) is 0 Å². The Morgan fingerprint density at radius 1 is 0.909 bits per heavy atom. The molecule has 0 aliphatic rings. The first-order valence-corrected chi connectivity index (χ1v) is 6.64. The van der Waals surface area contributed by atoms with E-state index in [0.717, 1.165) is 0 Å². The van der Waals surface area contributed by atoms with Gasteiger partial charge in [0.05, 0.1) is 25.7 Å². The lowest BCUT2D eigenvalue weighted by molar-refractivity contribution is 0.326. The van der Waals surface area contributed by atoms with E-state index < -0.39 is 0 Å². The number of benzene rings is 2. The molecule has 0 atom stereocenters. The molecule has 0 unspecified atom stereocenters. The molecule has 0 saturated heterocycles. The van der Waals surface area contributed by atoms with Crippen LogP contribution in [0.1, 0.15) is 0 Å². The molecule has 0 fully saturated rings. The Morgan fingerprint density at radius 3 is 2.41 bits per heavy atom. The Balaban J connectivity index is 2.06. The maximum Gasteiger partial charge on any atom is 0.294 e. The van der Waals surface area contributed by atoms with Gasteiger partial charge in [0.1, 0.15) is 11.3 Å². The van der Waals surface area contributed by atoms with Gasteiger partial charge in [0.25, 0.3) is 5.95 Å². The van der Waals surface area contributed by atoms with Crippen molar-refractivity contribution in [3.05, 3.63) is 58.8 Å². The van der Waals surface area contributed by atoms with Crippen molar-refractivity contribution in [3.63, 3.8) is 0 Å². The summed E-state index contributed by atoms with van der Waals surface area (Å²) in [5, 5.41) is 0.466. The molecular formula is C17H14O5.